The van der Waals surface area contributed by atoms with Gasteiger partial charge >= 0.3 is 5.97 Å². The molecule has 0 bridgehead atoms. The summed E-state index contributed by atoms with van der Waals surface area (Å²) in [7, 11) is 0. The minimum Gasteiger partial charge on any atom is -0.483 e. The summed E-state index contributed by atoms with van der Waals surface area (Å²) in [4.78, 5) is 38.7. The summed E-state index contributed by atoms with van der Waals surface area (Å²) in [6.45, 7) is 5.54. The van der Waals surface area contributed by atoms with Crippen molar-refractivity contribution in [3.05, 3.63) is 41.4 Å². The van der Waals surface area contributed by atoms with Gasteiger partial charge in [0.15, 0.2) is 35.9 Å². The Morgan fingerprint density at radius 3 is 2.64 bits per heavy atom. The van der Waals surface area contributed by atoms with Gasteiger partial charge in [0, 0.05) is 30.2 Å². The Kier molecular flexibility index (Phi) is 9.17. The van der Waals surface area contributed by atoms with E-state index in [-0.39, 0.29) is 19.1 Å². The van der Waals surface area contributed by atoms with Gasteiger partial charge in [0.2, 0.25) is 0 Å². The highest BCUT2D eigenvalue weighted by molar-refractivity contribution is 6.30. The van der Waals surface area contributed by atoms with E-state index in [1.165, 1.54) is 17.2 Å². The van der Waals surface area contributed by atoms with Crippen LogP contribution in [-0.2, 0) is 20.9 Å². The van der Waals surface area contributed by atoms with Crippen LogP contribution in [0.5, 0.6) is 5.75 Å². The Hall–Kier alpha value is -3.52. The Bertz CT molecular complexity index is 1320. The minimum absolute atomic E-state index is 0.0863. The maximum absolute atomic E-state index is 12.7. The first-order valence-electron chi connectivity index (χ1n) is 12.7. The van der Waals surface area contributed by atoms with Gasteiger partial charge in [-0.25, -0.2) is 19.7 Å². The molecule has 210 valence electrons. The predicted octanol–water partition coefficient (Wildman–Crippen LogP) is 1.79. The molecular weight excluding hydrogens is 530 g/mol. The van der Waals surface area contributed by atoms with E-state index in [9.17, 15) is 19.8 Å². The minimum atomic E-state index is -1.37. The number of benzene rings is 1. The number of carbonyl (C=O) groups excluding carboxylic acids is 1. The molecule has 1 aliphatic heterocycles. The lowest BCUT2D eigenvalue weighted by atomic mass is 10.1. The number of carbonyl (C=O) groups is 2. The molecule has 0 aliphatic carbocycles. The van der Waals surface area contributed by atoms with Crippen LogP contribution in [0.2, 0.25) is 5.02 Å². The summed E-state index contributed by atoms with van der Waals surface area (Å²) in [5.74, 6) is -0.475. The van der Waals surface area contributed by atoms with Crippen LogP contribution in [0, 0.1) is 0 Å². The van der Waals surface area contributed by atoms with Gasteiger partial charge in [-0.05, 0) is 31.0 Å². The number of hydrogen-bond donors (Lipinski definition) is 4. The van der Waals surface area contributed by atoms with Gasteiger partial charge in [0.25, 0.3) is 5.91 Å². The number of aliphatic hydroxyl groups is 1. The average Bonchev–Trinajstić information content (AvgIpc) is 3.47. The number of carboxylic acids is 1. The summed E-state index contributed by atoms with van der Waals surface area (Å²) in [5.41, 5.74) is 7.22. The molecule has 4 unspecified atom stereocenters. The highest BCUT2D eigenvalue weighted by atomic mass is 35.5. The first-order chi connectivity index (χ1) is 18.7. The Morgan fingerprint density at radius 2 is 1.97 bits per heavy atom. The number of aromatic nitrogens is 4. The number of amides is 1. The van der Waals surface area contributed by atoms with Crippen molar-refractivity contribution in [3.8, 4) is 5.75 Å². The van der Waals surface area contributed by atoms with Gasteiger partial charge in [-0.15, -0.1) is 0 Å². The highest BCUT2D eigenvalue weighted by Crippen LogP contribution is 2.32. The molecule has 3 aromatic rings. The molecule has 1 saturated heterocycles. The van der Waals surface area contributed by atoms with Crippen molar-refractivity contribution in [2.45, 2.75) is 57.7 Å². The van der Waals surface area contributed by atoms with Crippen molar-refractivity contribution in [3.63, 3.8) is 0 Å². The van der Waals surface area contributed by atoms with E-state index < -0.39 is 30.4 Å². The number of nitrogens with zero attached hydrogens (tertiary/aromatic N) is 5. The lowest BCUT2D eigenvalue weighted by molar-refractivity contribution is -0.152. The van der Waals surface area contributed by atoms with Gasteiger partial charge in [-0.2, -0.15) is 0 Å². The monoisotopic (exact) mass is 561 g/mol. The van der Waals surface area contributed by atoms with Crippen molar-refractivity contribution < 1.29 is 29.3 Å². The zero-order valence-corrected chi connectivity index (χ0v) is 22.4. The fourth-order valence-corrected chi connectivity index (χ4v) is 4.64. The number of aliphatic hydroxyl groups excluding tert-OH is 1. The van der Waals surface area contributed by atoms with E-state index in [0.29, 0.717) is 46.4 Å². The van der Waals surface area contributed by atoms with E-state index >= 15 is 0 Å². The van der Waals surface area contributed by atoms with Crippen LogP contribution in [0.3, 0.4) is 0 Å². The van der Waals surface area contributed by atoms with E-state index in [0.717, 1.165) is 12.8 Å². The number of carboxylic acid groups (broad SMARTS) is 1. The molecule has 2 aromatic heterocycles. The second kappa shape index (κ2) is 12.6. The molecule has 4 atom stereocenters. The van der Waals surface area contributed by atoms with Gasteiger partial charge < -0.3 is 35.6 Å². The fraction of sp³-hybridized carbons (Fsp3) is 0.480. The molecule has 4 rings (SSSR count). The van der Waals surface area contributed by atoms with Gasteiger partial charge in [0.05, 0.1) is 12.4 Å². The quantitative estimate of drug-likeness (QED) is 0.253. The lowest BCUT2D eigenvalue weighted by Gasteiger charge is -2.22. The van der Waals surface area contributed by atoms with Crippen LogP contribution in [0.4, 0.5) is 5.82 Å². The molecule has 1 fully saturated rings. The number of imidazole rings is 1. The standard InChI is InChI=1S/C25H32ClN7O6/c1-3-7-32(8-4-2)17(34)11-38-16-6-5-15(26)9-14(16)10-28-22-19-23(30-12-29-22)33(13-31-19)24-20(35)18(27)21(39-24)25(36)37/h5-6,9,12-13,18,20-21,24,35H,3-4,7-8,10-11,27H2,1-2H3,(H,36,37)(H,28,29,30). The summed E-state index contributed by atoms with van der Waals surface area (Å²) in [6, 6.07) is 4.01. The molecule has 0 saturated carbocycles. The second-order valence-corrected chi connectivity index (χ2v) is 9.61. The Morgan fingerprint density at radius 1 is 1.23 bits per heavy atom. The summed E-state index contributed by atoms with van der Waals surface area (Å²) in [5, 5.41) is 23.5. The van der Waals surface area contributed by atoms with Crippen molar-refractivity contribution in [1.29, 1.82) is 0 Å². The molecule has 13 nitrogen and oxygen atoms in total. The van der Waals surface area contributed by atoms with Crippen molar-refractivity contribution in [2.75, 3.05) is 25.0 Å². The molecule has 1 amide bonds. The molecule has 1 aromatic carbocycles. The number of fused-ring (bicyclic) bond motifs is 1. The zero-order chi connectivity index (χ0) is 28.1. The van der Waals surface area contributed by atoms with Crippen LogP contribution in [0.15, 0.2) is 30.9 Å². The summed E-state index contributed by atoms with van der Waals surface area (Å²) >= 11 is 6.24. The third kappa shape index (κ3) is 6.22. The van der Waals surface area contributed by atoms with Crippen molar-refractivity contribution >= 4 is 40.5 Å². The van der Waals surface area contributed by atoms with Crippen molar-refractivity contribution in [1.82, 2.24) is 24.4 Å². The van der Waals surface area contributed by atoms with Crippen LogP contribution < -0.4 is 15.8 Å². The van der Waals surface area contributed by atoms with Crippen LogP contribution in [0.25, 0.3) is 11.2 Å². The highest BCUT2D eigenvalue weighted by Gasteiger charge is 2.46. The number of nitrogens with one attached hydrogen (secondary N) is 1. The Balaban J connectivity index is 1.50. The number of rotatable bonds is 12. The SMILES string of the molecule is CCCN(CCC)C(=O)COc1ccc(Cl)cc1CNc1ncnc2c1ncn2C1OC(C(=O)O)C(N)C1O. The summed E-state index contributed by atoms with van der Waals surface area (Å²) < 4.78 is 12.8. The smallest absolute Gasteiger partial charge is 0.334 e. The van der Waals surface area contributed by atoms with E-state index in [1.54, 1.807) is 23.1 Å². The molecule has 0 spiro atoms. The van der Waals surface area contributed by atoms with Crippen LogP contribution >= 0.6 is 11.6 Å². The predicted molar refractivity (Wildman–Crippen MR) is 142 cm³/mol. The molecule has 5 N–H and O–H groups in total. The first kappa shape index (κ1) is 28.5. The normalized spacial score (nSPS) is 20.7. The van der Waals surface area contributed by atoms with Gasteiger partial charge in [0.1, 0.15) is 18.2 Å². The molecule has 1 aliphatic rings. The molecule has 0 radical (unpaired) electrons. The molecule has 14 heteroatoms. The van der Waals surface area contributed by atoms with Gasteiger partial charge in [-0.3, -0.25) is 9.36 Å². The van der Waals surface area contributed by atoms with Gasteiger partial charge in [-0.1, -0.05) is 25.4 Å². The third-order valence-electron chi connectivity index (χ3n) is 6.36. The third-order valence-corrected chi connectivity index (χ3v) is 6.59. The summed E-state index contributed by atoms with van der Waals surface area (Å²) in [6.07, 6.45) is 0.684. The number of aliphatic carboxylic acids is 1. The number of nitrogens with two attached hydrogens (primary N) is 1. The van der Waals surface area contributed by atoms with E-state index in [4.69, 9.17) is 26.8 Å². The molecular formula is C25H32ClN7O6. The number of hydrogen-bond acceptors (Lipinski definition) is 10. The average molecular weight is 562 g/mol. The number of anilines is 1. The van der Waals surface area contributed by atoms with Crippen LogP contribution in [0.1, 0.15) is 38.5 Å². The number of ether oxygens (including phenoxy) is 2. The molecule has 3 heterocycles. The topological polar surface area (TPSA) is 178 Å². The maximum Gasteiger partial charge on any atom is 0.334 e. The van der Waals surface area contributed by atoms with Crippen LogP contribution in [-0.4, -0.2) is 84.5 Å². The first-order valence-corrected chi connectivity index (χ1v) is 13.0. The zero-order valence-electron chi connectivity index (χ0n) is 21.7. The lowest BCUT2D eigenvalue weighted by Crippen LogP contribution is -2.43. The number of halogens is 1. The second-order valence-electron chi connectivity index (χ2n) is 9.17. The maximum atomic E-state index is 12.7. The van der Waals surface area contributed by atoms with E-state index in [1.807, 2.05) is 13.8 Å². The Labute approximate surface area is 229 Å². The largest absolute Gasteiger partial charge is 0.483 e. The molecule has 39 heavy (non-hydrogen) atoms. The van der Waals surface area contributed by atoms with E-state index in [2.05, 4.69) is 20.3 Å². The van der Waals surface area contributed by atoms with Crippen molar-refractivity contribution in [2.24, 2.45) is 5.73 Å². The fourth-order valence-electron chi connectivity index (χ4n) is 4.45.